The van der Waals surface area contributed by atoms with Crippen LogP contribution in [0.4, 0.5) is 0 Å². The van der Waals surface area contributed by atoms with Crippen LogP contribution in [-0.4, -0.2) is 29.6 Å². The fraction of sp³-hybridized carbons (Fsp3) is 0.231. The monoisotopic (exact) mass is 316 g/mol. The van der Waals surface area contributed by atoms with Crippen molar-refractivity contribution in [3.05, 3.63) is 29.3 Å². The lowest BCUT2D eigenvalue weighted by molar-refractivity contribution is 0.659. The molecular weight excluding hydrogens is 304 g/mol. The molecule has 0 aliphatic heterocycles. The van der Waals surface area contributed by atoms with E-state index in [1.807, 2.05) is 33.6 Å². The number of fused-ring (bicyclic) bond motifs is 1. The molecule has 4 aromatic rings. The minimum absolute atomic E-state index is 0.793. The van der Waals surface area contributed by atoms with E-state index >= 15 is 0 Å². The first kappa shape index (κ1) is 12.7. The van der Waals surface area contributed by atoms with E-state index in [1.165, 1.54) is 11.3 Å². The van der Waals surface area contributed by atoms with Gasteiger partial charge in [-0.05, 0) is 31.4 Å². The zero-order valence-corrected chi connectivity index (χ0v) is 13.1. The van der Waals surface area contributed by atoms with E-state index < -0.39 is 0 Å². The summed E-state index contributed by atoms with van der Waals surface area (Å²) in [4.78, 5) is 1.87. The topological polar surface area (TPSA) is 60.9 Å². The van der Waals surface area contributed by atoms with Gasteiger partial charge in [-0.15, -0.1) is 21.5 Å². The Morgan fingerprint density at radius 1 is 1.24 bits per heavy atom. The summed E-state index contributed by atoms with van der Waals surface area (Å²) in [7, 11) is 0. The molecule has 0 fully saturated rings. The van der Waals surface area contributed by atoms with Crippen molar-refractivity contribution in [1.29, 1.82) is 0 Å². The lowest BCUT2D eigenvalue weighted by Crippen LogP contribution is -1.99. The van der Waals surface area contributed by atoms with Gasteiger partial charge in [0.1, 0.15) is 0 Å². The first-order valence-corrected chi connectivity index (χ1v) is 8.27. The standard InChI is InChI=1S/C13H12N6S2/c1-3-18-9(7-8(2)16-18)12-17-19-11(10-5-4-6-20-10)14-15-13(19)21-12/h4-7H,3H2,1-2H3. The first-order chi connectivity index (χ1) is 10.3. The fourth-order valence-electron chi connectivity index (χ4n) is 2.24. The summed E-state index contributed by atoms with van der Waals surface area (Å²) in [6.45, 7) is 4.89. The van der Waals surface area contributed by atoms with Crippen LogP contribution in [0.3, 0.4) is 0 Å². The number of nitrogens with zero attached hydrogens (tertiary/aromatic N) is 6. The number of thiophene rings is 1. The van der Waals surface area contributed by atoms with E-state index in [2.05, 4.69) is 33.4 Å². The Hall–Kier alpha value is -2.06. The van der Waals surface area contributed by atoms with Crippen LogP contribution in [0.15, 0.2) is 23.6 Å². The number of aryl methyl sites for hydroxylation is 2. The Morgan fingerprint density at radius 2 is 2.14 bits per heavy atom. The summed E-state index contributed by atoms with van der Waals surface area (Å²) < 4.78 is 3.78. The molecule has 0 saturated heterocycles. The van der Waals surface area contributed by atoms with E-state index in [9.17, 15) is 0 Å². The molecule has 0 radical (unpaired) electrons. The molecule has 106 valence electrons. The molecule has 0 amide bonds. The SMILES string of the molecule is CCn1nc(C)cc1-c1nn2c(-c3cccs3)nnc2s1. The molecule has 21 heavy (non-hydrogen) atoms. The Labute approximate surface area is 128 Å². The van der Waals surface area contributed by atoms with Crippen molar-refractivity contribution in [2.45, 2.75) is 20.4 Å². The van der Waals surface area contributed by atoms with Gasteiger partial charge in [0.05, 0.1) is 16.3 Å². The number of hydrogen-bond acceptors (Lipinski definition) is 6. The lowest BCUT2D eigenvalue weighted by atomic mass is 10.4. The maximum atomic E-state index is 4.68. The molecule has 4 rings (SSSR count). The summed E-state index contributed by atoms with van der Waals surface area (Å²) in [6.07, 6.45) is 0. The molecule has 0 aromatic carbocycles. The van der Waals surface area contributed by atoms with Crippen molar-refractivity contribution in [2.75, 3.05) is 0 Å². The third-order valence-corrected chi connectivity index (χ3v) is 4.94. The van der Waals surface area contributed by atoms with Gasteiger partial charge in [0.15, 0.2) is 10.8 Å². The van der Waals surface area contributed by atoms with Crippen molar-refractivity contribution in [3.8, 4) is 21.4 Å². The minimum atomic E-state index is 0.793. The zero-order valence-electron chi connectivity index (χ0n) is 11.5. The van der Waals surface area contributed by atoms with Crippen molar-refractivity contribution in [3.63, 3.8) is 0 Å². The van der Waals surface area contributed by atoms with Crippen molar-refractivity contribution < 1.29 is 0 Å². The van der Waals surface area contributed by atoms with Gasteiger partial charge >= 0.3 is 0 Å². The van der Waals surface area contributed by atoms with Gasteiger partial charge in [-0.1, -0.05) is 17.4 Å². The Morgan fingerprint density at radius 3 is 2.90 bits per heavy atom. The highest BCUT2D eigenvalue weighted by Crippen LogP contribution is 2.29. The average Bonchev–Trinajstić information content (AvgIpc) is 3.20. The van der Waals surface area contributed by atoms with Crippen LogP contribution < -0.4 is 0 Å². The van der Waals surface area contributed by atoms with Crippen molar-refractivity contribution in [1.82, 2.24) is 29.6 Å². The molecule has 0 saturated carbocycles. The van der Waals surface area contributed by atoms with Crippen LogP contribution in [0.25, 0.3) is 26.4 Å². The quantitative estimate of drug-likeness (QED) is 0.582. The molecule has 6 nitrogen and oxygen atoms in total. The van der Waals surface area contributed by atoms with E-state index in [0.29, 0.717) is 0 Å². The Bertz CT molecular complexity index is 899. The van der Waals surface area contributed by atoms with Crippen LogP contribution in [0.5, 0.6) is 0 Å². The Kier molecular flexibility index (Phi) is 2.86. The zero-order chi connectivity index (χ0) is 14.4. The van der Waals surface area contributed by atoms with E-state index in [1.54, 1.807) is 11.3 Å². The molecule has 4 heterocycles. The van der Waals surface area contributed by atoms with Gasteiger partial charge in [-0.25, -0.2) is 0 Å². The normalized spacial score (nSPS) is 11.5. The molecule has 0 aliphatic carbocycles. The average molecular weight is 316 g/mol. The smallest absolute Gasteiger partial charge is 0.235 e. The largest absolute Gasteiger partial charge is 0.262 e. The molecular formula is C13H12N6S2. The van der Waals surface area contributed by atoms with E-state index in [-0.39, 0.29) is 0 Å². The highest BCUT2D eigenvalue weighted by molar-refractivity contribution is 7.19. The van der Waals surface area contributed by atoms with Crippen LogP contribution in [0, 0.1) is 6.92 Å². The predicted molar refractivity (Wildman–Crippen MR) is 83.6 cm³/mol. The third-order valence-electron chi connectivity index (χ3n) is 3.15. The van der Waals surface area contributed by atoms with Gasteiger partial charge in [-0.2, -0.15) is 14.7 Å². The predicted octanol–water partition coefficient (Wildman–Crippen LogP) is 3.11. The van der Waals surface area contributed by atoms with Gasteiger partial charge < -0.3 is 0 Å². The molecule has 0 spiro atoms. The van der Waals surface area contributed by atoms with Crippen LogP contribution in [0.1, 0.15) is 12.6 Å². The summed E-state index contributed by atoms with van der Waals surface area (Å²) in [6, 6.07) is 6.09. The fourth-order valence-corrected chi connectivity index (χ4v) is 3.79. The third kappa shape index (κ3) is 1.98. The highest BCUT2D eigenvalue weighted by Gasteiger charge is 2.17. The highest BCUT2D eigenvalue weighted by atomic mass is 32.1. The summed E-state index contributed by atoms with van der Waals surface area (Å²) in [5, 5.41) is 20.6. The molecule has 0 atom stereocenters. The molecule has 8 heteroatoms. The van der Waals surface area contributed by atoms with E-state index in [4.69, 9.17) is 0 Å². The second-order valence-electron chi connectivity index (χ2n) is 4.59. The minimum Gasteiger partial charge on any atom is -0.262 e. The second kappa shape index (κ2) is 4.74. The van der Waals surface area contributed by atoms with E-state index in [0.717, 1.165) is 38.6 Å². The first-order valence-electron chi connectivity index (χ1n) is 6.57. The number of aromatic nitrogens is 6. The maximum absolute atomic E-state index is 4.68. The lowest BCUT2D eigenvalue weighted by Gasteiger charge is -1.99. The van der Waals surface area contributed by atoms with Crippen LogP contribution in [0.2, 0.25) is 0 Å². The molecule has 0 aliphatic rings. The number of rotatable bonds is 3. The maximum Gasteiger partial charge on any atom is 0.235 e. The molecule has 0 unspecified atom stereocenters. The van der Waals surface area contributed by atoms with Crippen molar-refractivity contribution in [2.24, 2.45) is 0 Å². The van der Waals surface area contributed by atoms with Gasteiger partial charge in [0, 0.05) is 6.54 Å². The molecule has 0 bridgehead atoms. The summed E-state index contributed by atoms with van der Waals surface area (Å²) in [5.74, 6) is 0.793. The van der Waals surface area contributed by atoms with Crippen LogP contribution in [-0.2, 0) is 6.54 Å². The Balaban J connectivity index is 1.88. The number of hydrogen-bond donors (Lipinski definition) is 0. The second-order valence-corrected chi connectivity index (χ2v) is 6.49. The summed E-state index contributed by atoms with van der Waals surface area (Å²) >= 11 is 3.17. The van der Waals surface area contributed by atoms with Gasteiger partial charge in [-0.3, -0.25) is 4.68 Å². The van der Waals surface area contributed by atoms with Gasteiger partial charge in [0.25, 0.3) is 0 Å². The molecule has 0 N–H and O–H groups in total. The van der Waals surface area contributed by atoms with Gasteiger partial charge in [0.2, 0.25) is 4.96 Å². The molecule has 4 aromatic heterocycles. The van der Waals surface area contributed by atoms with Crippen molar-refractivity contribution >= 4 is 27.6 Å². The summed E-state index contributed by atoms with van der Waals surface area (Å²) in [5.41, 5.74) is 2.03. The van der Waals surface area contributed by atoms with Crippen LogP contribution >= 0.6 is 22.7 Å².